The molecule has 9 nitrogen and oxygen atoms in total. The molecule has 5 rings (SSSR count). The van der Waals surface area contributed by atoms with E-state index in [9.17, 15) is 33.0 Å². The van der Waals surface area contributed by atoms with E-state index in [2.05, 4.69) is 10.2 Å². The molecular weight excluding hydrogens is 543 g/mol. The Morgan fingerprint density at radius 3 is 2.32 bits per heavy atom. The van der Waals surface area contributed by atoms with E-state index in [1.807, 2.05) is 24.3 Å². The molecule has 3 heterocycles. The Hall–Kier alpha value is -3.03. The molecule has 0 aromatic heterocycles. The summed E-state index contributed by atoms with van der Waals surface area (Å²) in [6.45, 7) is 1.82. The first kappa shape index (κ1) is 29.5. The van der Waals surface area contributed by atoms with E-state index in [1.165, 1.54) is 0 Å². The van der Waals surface area contributed by atoms with Crippen LogP contribution >= 0.6 is 0 Å². The molecule has 0 aliphatic carbocycles. The van der Waals surface area contributed by atoms with Gasteiger partial charge in [-0.1, -0.05) is 36.4 Å². The van der Waals surface area contributed by atoms with Gasteiger partial charge in [0.05, 0.1) is 24.9 Å². The number of likely N-dealkylation sites (tertiary alicyclic amines) is 2. The van der Waals surface area contributed by atoms with Crippen molar-refractivity contribution >= 4 is 17.5 Å². The highest BCUT2D eigenvalue weighted by Crippen LogP contribution is 2.38. The topological polar surface area (TPSA) is 112 Å². The van der Waals surface area contributed by atoms with Crippen molar-refractivity contribution in [1.29, 1.82) is 0 Å². The summed E-state index contributed by atoms with van der Waals surface area (Å²) in [5.74, 6) is -2.67. The lowest BCUT2D eigenvalue weighted by Gasteiger charge is -2.37. The van der Waals surface area contributed by atoms with Crippen LogP contribution in [-0.4, -0.2) is 82.4 Å². The van der Waals surface area contributed by atoms with Gasteiger partial charge in [-0.3, -0.25) is 14.5 Å². The van der Waals surface area contributed by atoms with Gasteiger partial charge < -0.3 is 29.9 Å². The smallest absolute Gasteiger partial charge is 0.392 e. The summed E-state index contributed by atoms with van der Waals surface area (Å²) in [5.41, 5.74) is 2.81. The number of halogens is 3. The average Bonchev–Trinajstić information content (AvgIpc) is 3.61. The first-order valence-corrected chi connectivity index (χ1v) is 13.8. The second kappa shape index (κ2) is 12.5. The monoisotopic (exact) mass is 577 g/mol. The van der Waals surface area contributed by atoms with Crippen LogP contribution in [0, 0.1) is 0 Å². The number of rotatable bonds is 7. The first-order valence-electron chi connectivity index (χ1n) is 13.8. The third-order valence-corrected chi connectivity index (χ3v) is 7.83. The number of carbonyl (C=O) groups excluding carboxylic acids is 2. The third kappa shape index (κ3) is 7.07. The third-order valence-electron chi connectivity index (χ3n) is 7.83. The Balaban J connectivity index is 1.27. The van der Waals surface area contributed by atoms with Gasteiger partial charge in [0.15, 0.2) is 6.29 Å². The average molecular weight is 578 g/mol. The highest BCUT2D eigenvalue weighted by atomic mass is 19.4. The van der Waals surface area contributed by atoms with Crippen LogP contribution < -0.4 is 5.32 Å². The van der Waals surface area contributed by atoms with Gasteiger partial charge in [-0.25, -0.2) is 0 Å². The molecule has 12 heteroatoms. The number of aliphatic hydroxyl groups is 2. The fraction of sp³-hybridized carbons (Fsp3) is 0.517. The van der Waals surface area contributed by atoms with Gasteiger partial charge in [0, 0.05) is 43.9 Å². The highest BCUT2D eigenvalue weighted by Gasteiger charge is 2.47. The largest absolute Gasteiger partial charge is 0.471 e. The zero-order chi connectivity index (χ0) is 29.1. The Morgan fingerprint density at radius 2 is 1.68 bits per heavy atom. The van der Waals surface area contributed by atoms with Crippen molar-refractivity contribution in [3.05, 3.63) is 65.2 Å². The maximum Gasteiger partial charge on any atom is 0.471 e. The predicted octanol–water partition coefficient (Wildman–Crippen LogP) is 3.28. The van der Waals surface area contributed by atoms with Gasteiger partial charge in [0.2, 0.25) is 5.91 Å². The van der Waals surface area contributed by atoms with E-state index in [1.54, 1.807) is 24.3 Å². The lowest BCUT2D eigenvalue weighted by molar-refractivity contribution is -0.252. The van der Waals surface area contributed by atoms with E-state index in [-0.39, 0.29) is 37.9 Å². The van der Waals surface area contributed by atoms with E-state index < -0.39 is 30.3 Å². The second-order valence-electron chi connectivity index (χ2n) is 10.8. The molecule has 222 valence electrons. The molecule has 0 spiro atoms. The lowest BCUT2D eigenvalue weighted by Crippen LogP contribution is -2.48. The van der Waals surface area contributed by atoms with Crippen molar-refractivity contribution in [3.8, 4) is 0 Å². The molecule has 3 aliphatic rings. The van der Waals surface area contributed by atoms with Crippen LogP contribution in [0.15, 0.2) is 48.5 Å². The molecule has 0 saturated carbocycles. The van der Waals surface area contributed by atoms with Crippen LogP contribution in [0.3, 0.4) is 0 Å². The van der Waals surface area contributed by atoms with Crippen molar-refractivity contribution in [1.82, 2.24) is 9.80 Å². The first-order chi connectivity index (χ1) is 19.6. The number of ether oxygens (including phenoxy) is 2. The molecule has 3 aliphatic heterocycles. The zero-order valence-corrected chi connectivity index (χ0v) is 22.4. The minimum absolute atomic E-state index is 0.0578. The maximum absolute atomic E-state index is 12.9. The van der Waals surface area contributed by atoms with Crippen molar-refractivity contribution in [2.75, 3.05) is 31.5 Å². The quantitative estimate of drug-likeness (QED) is 0.463. The Labute approximate surface area is 235 Å². The SMILES string of the molecule is O=C(Nc1ccc([C@H]2O[C@@H](CN3CC[C@H](O)C3)C[C@@H](c3ccc(CO)cc3)O2)cc1)[C@@H]1CCCN1C(=O)C(F)(F)F. The van der Waals surface area contributed by atoms with Gasteiger partial charge >= 0.3 is 12.1 Å². The fourth-order valence-corrected chi connectivity index (χ4v) is 5.69. The van der Waals surface area contributed by atoms with Crippen LogP contribution in [0.25, 0.3) is 0 Å². The van der Waals surface area contributed by atoms with Crippen molar-refractivity contribution in [2.45, 2.75) is 69.1 Å². The highest BCUT2D eigenvalue weighted by molar-refractivity contribution is 5.98. The standard InChI is InChI=1S/C29H34F3N3O6/c30-29(31,32)28(39)35-12-1-2-24(35)26(38)33-21-9-7-20(8-10-21)27-40-23(16-34-13-11-22(37)15-34)14-25(41-27)19-5-3-18(17-36)4-6-19/h3-10,22-25,27,36-37H,1-2,11-17H2,(H,33,38)/t22-,23+,24-,25-,27-/m0/s1. The number of β-amino-alcohol motifs (C(OH)–C–C–N with tert-alkyl or cyclic N) is 1. The van der Waals surface area contributed by atoms with E-state index in [0.29, 0.717) is 42.1 Å². The maximum atomic E-state index is 12.9. The van der Waals surface area contributed by atoms with Crippen LogP contribution in [0.2, 0.25) is 0 Å². The molecule has 2 amide bonds. The molecule has 3 saturated heterocycles. The Morgan fingerprint density at radius 1 is 0.976 bits per heavy atom. The number of alkyl halides is 3. The molecule has 2 aromatic rings. The number of hydrogen-bond acceptors (Lipinski definition) is 7. The normalized spacial score (nSPS) is 27.2. The minimum atomic E-state index is -5.03. The van der Waals surface area contributed by atoms with Gasteiger partial charge in [0.25, 0.3) is 0 Å². The van der Waals surface area contributed by atoms with Crippen LogP contribution in [-0.2, 0) is 25.7 Å². The number of carbonyl (C=O) groups is 2. The number of anilines is 1. The number of benzene rings is 2. The van der Waals surface area contributed by atoms with E-state index in [0.717, 1.165) is 24.1 Å². The Bertz CT molecular complexity index is 1210. The molecule has 0 bridgehead atoms. The summed E-state index contributed by atoms with van der Waals surface area (Å²) in [6, 6.07) is 13.0. The summed E-state index contributed by atoms with van der Waals surface area (Å²) in [7, 11) is 0. The van der Waals surface area contributed by atoms with Gasteiger partial charge in [-0.15, -0.1) is 0 Å². The fourth-order valence-electron chi connectivity index (χ4n) is 5.69. The number of nitrogens with zero attached hydrogens (tertiary/aromatic N) is 2. The van der Waals surface area contributed by atoms with Crippen LogP contribution in [0.4, 0.5) is 18.9 Å². The second-order valence-corrected chi connectivity index (χ2v) is 10.8. The summed E-state index contributed by atoms with van der Waals surface area (Å²) < 4.78 is 51.5. The van der Waals surface area contributed by atoms with Gasteiger partial charge in [-0.05, 0) is 42.5 Å². The number of hydrogen-bond donors (Lipinski definition) is 3. The molecule has 3 N–H and O–H groups in total. The summed E-state index contributed by atoms with van der Waals surface area (Å²) in [5, 5.41) is 22.0. The molecule has 5 atom stereocenters. The van der Waals surface area contributed by atoms with Crippen molar-refractivity contribution in [3.63, 3.8) is 0 Å². The summed E-state index contributed by atoms with van der Waals surface area (Å²) >= 11 is 0. The zero-order valence-electron chi connectivity index (χ0n) is 22.4. The van der Waals surface area contributed by atoms with E-state index >= 15 is 0 Å². The molecule has 41 heavy (non-hydrogen) atoms. The van der Waals surface area contributed by atoms with E-state index in [4.69, 9.17) is 9.47 Å². The number of nitrogens with one attached hydrogen (secondary N) is 1. The summed E-state index contributed by atoms with van der Waals surface area (Å²) in [6.07, 6.45) is -4.77. The molecule has 0 unspecified atom stereocenters. The molecular formula is C29H34F3N3O6. The van der Waals surface area contributed by atoms with Crippen LogP contribution in [0.1, 0.15) is 54.8 Å². The molecule has 3 fully saturated rings. The lowest BCUT2D eigenvalue weighted by atomic mass is 9.99. The molecule has 0 radical (unpaired) electrons. The predicted molar refractivity (Wildman–Crippen MR) is 141 cm³/mol. The molecule has 2 aromatic carbocycles. The number of amides is 2. The van der Waals surface area contributed by atoms with Crippen molar-refractivity contribution in [2.24, 2.45) is 0 Å². The van der Waals surface area contributed by atoms with Crippen LogP contribution in [0.5, 0.6) is 0 Å². The summed E-state index contributed by atoms with van der Waals surface area (Å²) in [4.78, 5) is 27.2. The number of aliphatic hydroxyl groups excluding tert-OH is 2. The van der Waals surface area contributed by atoms with Gasteiger partial charge in [0.1, 0.15) is 6.04 Å². The van der Waals surface area contributed by atoms with Crippen molar-refractivity contribution < 1.29 is 42.4 Å². The minimum Gasteiger partial charge on any atom is -0.392 e. The van der Waals surface area contributed by atoms with Gasteiger partial charge in [-0.2, -0.15) is 13.2 Å². The Kier molecular flexibility index (Phi) is 8.95.